The van der Waals surface area contributed by atoms with Gasteiger partial charge < -0.3 is 4.90 Å². The monoisotopic (exact) mass is 409 g/mol. The molecule has 0 aromatic carbocycles. The standard InChI is InChI=1S/C21H27N7.C2H6.H2/c1-15-13-20(27-11-7-8-12-27)24-18(23-15)9-5-4-6-10-19-25-21-17(3)22-14-16(2)28(21)26-19;1-2;/h4-5,13-14H,6-12H2,1-3H3;1-2H3;1H/b5-4-;;. The Kier molecular flexibility index (Phi) is 7.49. The van der Waals surface area contributed by atoms with Gasteiger partial charge in [0.1, 0.15) is 11.6 Å². The molecule has 162 valence electrons. The number of allylic oxidation sites excluding steroid dienone is 2. The summed E-state index contributed by atoms with van der Waals surface area (Å²) >= 11 is 0. The molecule has 0 aliphatic carbocycles. The van der Waals surface area contributed by atoms with Gasteiger partial charge in [-0.25, -0.2) is 19.5 Å². The van der Waals surface area contributed by atoms with E-state index in [0.29, 0.717) is 0 Å². The third-order valence-corrected chi connectivity index (χ3v) is 5.07. The molecular weight excluding hydrogens is 374 g/mol. The van der Waals surface area contributed by atoms with Crippen molar-refractivity contribution < 1.29 is 1.43 Å². The van der Waals surface area contributed by atoms with E-state index in [1.165, 1.54) is 12.8 Å². The molecule has 0 unspecified atom stereocenters. The van der Waals surface area contributed by atoms with Gasteiger partial charge in [-0.15, -0.1) is 0 Å². The molecule has 7 heteroatoms. The van der Waals surface area contributed by atoms with E-state index in [2.05, 4.69) is 43.2 Å². The second-order valence-electron chi connectivity index (χ2n) is 7.44. The zero-order chi connectivity index (χ0) is 21.5. The van der Waals surface area contributed by atoms with Crippen LogP contribution in [0.1, 0.15) is 63.3 Å². The number of fused-ring (bicyclic) bond motifs is 1. The van der Waals surface area contributed by atoms with Gasteiger partial charge in [-0.3, -0.25) is 4.98 Å². The molecule has 0 spiro atoms. The van der Waals surface area contributed by atoms with Gasteiger partial charge in [-0.05, 0) is 40.0 Å². The van der Waals surface area contributed by atoms with E-state index in [0.717, 1.165) is 72.5 Å². The molecule has 3 aromatic rings. The quantitative estimate of drug-likeness (QED) is 0.560. The molecule has 4 heterocycles. The van der Waals surface area contributed by atoms with E-state index in [1.54, 1.807) is 0 Å². The summed E-state index contributed by atoms with van der Waals surface area (Å²) in [6.45, 7) is 12.2. The summed E-state index contributed by atoms with van der Waals surface area (Å²) in [5.41, 5.74) is 3.79. The average molecular weight is 410 g/mol. The highest BCUT2D eigenvalue weighted by atomic mass is 15.3. The average Bonchev–Trinajstić information content (AvgIpc) is 3.42. The molecular formula is C23H35N7. The molecule has 4 rings (SSSR count). The summed E-state index contributed by atoms with van der Waals surface area (Å²) in [6.07, 6.45) is 11.1. The molecule has 0 amide bonds. The molecule has 30 heavy (non-hydrogen) atoms. The molecule has 0 radical (unpaired) electrons. The Balaban J connectivity index is 0.00000111. The molecule has 0 N–H and O–H groups in total. The van der Waals surface area contributed by atoms with Gasteiger partial charge in [-0.2, -0.15) is 5.10 Å². The SMILES string of the molecule is CC.Cc1cc(N2CCCC2)nc(C/C=C\CCc2nc3c(C)ncc(C)n3n2)n1.[HH]. The Morgan fingerprint density at radius 3 is 2.50 bits per heavy atom. The predicted molar refractivity (Wildman–Crippen MR) is 123 cm³/mol. The summed E-state index contributed by atoms with van der Waals surface area (Å²) in [6, 6.07) is 2.09. The molecule has 0 saturated carbocycles. The lowest BCUT2D eigenvalue weighted by Gasteiger charge is -2.17. The molecule has 0 atom stereocenters. The summed E-state index contributed by atoms with van der Waals surface area (Å²) in [7, 11) is 0. The second kappa shape index (κ2) is 10.3. The van der Waals surface area contributed by atoms with Gasteiger partial charge in [-0.1, -0.05) is 26.0 Å². The van der Waals surface area contributed by atoms with Crippen LogP contribution in [0.5, 0.6) is 0 Å². The van der Waals surface area contributed by atoms with Crippen LogP contribution in [0.2, 0.25) is 0 Å². The predicted octanol–water partition coefficient (Wildman–Crippen LogP) is 4.44. The maximum Gasteiger partial charge on any atom is 0.177 e. The van der Waals surface area contributed by atoms with Crippen LogP contribution >= 0.6 is 0 Å². The van der Waals surface area contributed by atoms with Crippen molar-refractivity contribution in [3.63, 3.8) is 0 Å². The molecule has 3 aromatic heterocycles. The molecule has 1 saturated heterocycles. The minimum absolute atomic E-state index is 0. The lowest BCUT2D eigenvalue weighted by molar-refractivity contribution is 0.825. The van der Waals surface area contributed by atoms with Crippen molar-refractivity contribution in [2.24, 2.45) is 0 Å². The van der Waals surface area contributed by atoms with Crippen LogP contribution in [0.3, 0.4) is 0 Å². The first-order valence-corrected chi connectivity index (χ1v) is 11.0. The summed E-state index contributed by atoms with van der Waals surface area (Å²) in [4.78, 5) is 20.7. The van der Waals surface area contributed by atoms with Gasteiger partial charge in [0.05, 0.1) is 11.4 Å². The Morgan fingerprint density at radius 2 is 1.77 bits per heavy atom. The van der Waals surface area contributed by atoms with Crippen LogP contribution in [-0.4, -0.2) is 42.6 Å². The summed E-state index contributed by atoms with van der Waals surface area (Å²) in [5, 5.41) is 4.60. The highest BCUT2D eigenvalue weighted by molar-refractivity contribution is 5.43. The summed E-state index contributed by atoms with van der Waals surface area (Å²) < 4.78 is 1.88. The van der Waals surface area contributed by atoms with E-state index in [4.69, 9.17) is 4.98 Å². The number of rotatable bonds is 6. The zero-order valence-electron chi connectivity index (χ0n) is 18.9. The number of hydrogen-bond donors (Lipinski definition) is 0. The summed E-state index contributed by atoms with van der Waals surface area (Å²) in [5.74, 6) is 2.81. The molecule has 7 nitrogen and oxygen atoms in total. The maximum atomic E-state index is 4.75. The van der Waals surface area contributed by atoms with E-state index in [1.807, 2.05) is 45.3 Å². The number of anilines is 1. The topological polar surface area (TPSA) is 72.1 Å². The van der Waals surface area contributed by atoms with Gasteiger partial charge in [0, 0.05) is 45.3 Å². The fourth-order valence-corrected chi connectivity index (χ4v) is 3.57. The molecule has 1 aliphatic heterocycles. The van der Waals surface area contributed by atoms with E-state index in [9.17, 15) is 0 Å². The third kappa shape index (κ3) is 5.20. The van der Waals surface area contributed by atoms with E-state index < -0.39 is 0 Å². The van der Waals surface area contributed by atoms with Crippen LogP contribution in [0, 0.1) is 20.8 Å². The van der Waals surface area contributed by atoms with Crippen molar-refractivity contribution in [3.8, 4) is 0 Å². The van der Waals surface area contributed by atoms with Gasteiger partial charge in [0.25, 0.3) is 0 Å². The third-order valence-electron chi connectivity index (χ3n) is 5.07. The van der Waals surface area contributed by atoms with Gasteiger partial charge in [0.15, 0.2) is 11.5 Å². The fraction of sp³-hybridized carbons (Fsp3) is 0.522. The van der Waals surface area contributed by atoms with Gasteiger partial charge >= 0.3 is 0 Å². The van der Waals surface area contributed by atoms with Crippen molar-refractivity contribution in [1.29, 1.82) is 0 Å². The van der Waals surface area contributed by atoms with Crippen molar-refractivity contribution in [2.75, 3.05) is 18.0 Å². The van der Waals surface area contributed by atoms with Crippen LogP contribution in [0.25, 0.3) is 5.65 Å². The van der Waals surface area contributed by atoms with Crippen LogP contribution < -0.4 is 4.90 Å². The Hall–Kier alpha value is -2.83. The maximum absolute atomic E-state index is 4.75. The first kappa shape index (κ1) is 21.9. The number of hydrogen-bond acceptors (Lipinski definition) is 6. The van der Waals surface area contributed by atoms with Crippen LogP contribution in [0.4, 0.5) is 5.82 Å². The molecule has 0 bridgehead atoms. The van der Waals surface area contributed by atoms with Crippen LogP contribution in [-0.2, 0) is 12.8 Å². The largest absolute Gasteiger partial charge is 0.357 e. The Bertz CT molecular complexity index is 968. The van der Waals surface area contributed by atoms with Crippen molar-refractivity contribution in [2.45, 2.75) is 66.7 Å². The second-order valence-corrected chi connectivity index (χ2v) is 7.44. The first-order chi connectivity index (χ1) is 14.6. The lowest BCUT2D eigenvalue weighted by Crippen LogP contribution is -2.20. The number of nitrogens with zero attached hydrogens (tertiary/aromatic N) is 7. The van der Waals surface area contributed by atoms with E-state index >= 15 is 0 Å². The van der Waals surface area contributed by atoms with Gasteiger partial charge in [0.2, 0.25) is 0 Å². The first-order valence-electron chi connectivity index (χ1n) is 11.0. The molecule has 1 fully saturated rings. The molecule has 1 aliphatic rings. The highest BCUT2D eigenvalue weighted by Crippen LogP contribution is 2.18. The van der Waals surface area contributed by atoms with Crippen LogP contribution in [0.15, 0.2) is 24.4 Å². The highest BCUT2D eigenvalue weighted by Gasteiger charge is 2.14. The minimum Gasteiger partial charge on any atom is -0.357 e. The number of aryl methyl sites for hydroxylation is 4. The smallest absolute Gasteiger partial charge is 0.177 e. The Morgan fingerprint density at radius 1 is 1.00 bits per heavy atom. The lowest BCUT2D eigenvalue weighted by atomic mass is 10.2. The Labute approximate surface area is 180 Å². The normalized spacial score (nSPS) is 13.8. The van der Waals surface area contributed by atoms with Crippen molar-refractivity contribution in [1.82, 2.24) is 29.5 Å². The minimum atomic E-state index is 0. The van der Waals surface area contributed by atoms with E-state index in [-0.39, 0.29) is 1.43 Å². The number of aromatic nitrogens is 6. The fourth-order valence-electron chi connectivity index (χ4n) is 3.57. The van der Waals surface area contributed by atoms with Crippen molar-refractivity contribution in [3.05, 3.63) is 53.1 Å². The van der Waals surface area contributed by atoms with Crippen molar-refractivity contribution >= 4 is 11.5 Å². The zero-order valence-corrected chi connectivity index (χ0v) is 18.9.